The summed E-state index contributed by atoms with van der Waals surface area (Å²) in [5, 5.41) is 0. The minimum absolute atomic E-state index is 0.0440. The number of alkyl halides is 1. The molecule has 2 aliphatic carbocycles. The van der Waals surface area contributed by atoms with Crippen molar-refractivity contribution in [1.82, 2.24) is 9.80 Å². The summed E-state index contributed by atoms with van der Waals surface area (Å²) in [5.74, 6) is -0.0839. The van der Waals surface area contributed by atoms with Crippen LogP contribution in [0.5, 0.6) is 0 Å². The van der Waals surface area contributed by atoms with E-state index in [4.69, 9.17) is 0 Å². The topological polar surface area (TPSA) is 23.6 Å². The van der Waals surface area contributed by atoms with Gasteiger partial charge in [0, 0.05) is 32.3 Å². The smallest absolute Gasteiger partial charge is 0.323 e. The molecule has 2 amide bonds. The van der Waals surface area contributed by atoms with Crippen LogP contribution in [-0.4, -0.2) is 42.1 Å². The molecule has 0 aromatic carbocycles. The molecule has 5 heteroatoms. The minimum atomic E-state index is -0.786. The van der Waals surface area contributed by atoms with Gasteiger partial charge in [-0.3, -0.25) is 0 Å². The highest BCUT2D eigenvalue weighted by atomic mass is 19.1. The molecule has 2 aliphatic rings. The standard InChI is InChI=1S/C15H22F2N2O/c1-18(13-7-3-11(16)4-8-13)15(20)19(2)14-9-5-12(17)6-10-14/h3,9,12-13H,4-8,10H2,1-2H3. The number of carbonyl (C=O) groups is 1. The fourth-order valence-electron chi connectivity index (χ4n) is 2.75. The number of amides is 2. The van der Waals surface area contributed by atoms with Crippen molar-refractivity contribution in [2.45, 2.75) is 50.7 Å². The molecule has 0 aromatic heterocycles. The first-order valence-electron chi connectivity index (χ1n) is 7.17. The zero-order valence-electron chi connectivity index (χ0n) is 12.1. The summed E-state index contributed by atoms with van der Waals surface area (Å²) in [5.41, 5.74) is 0.883. The largest absolute Gasteiger partial charge is 0.324 e. The monoisotopic (exact) mass is 284 g/mol. The lowest BCUT2D eigenvalue weighted by molar-refractivity contribution is 0.157. The maximum atomic E-state index is 13.1. The molecule has 0 radical (unpaired) electrons. The number of allylic oxidation sites excluding steroid dienone is 3. The van der Waals surface area contributed by atoms with Gasteiger partial charge in [0.15, 0.2) is 0 Å². The van der Waals surface area contributed by atoms with E-state index in [0.717, 1.165) is 5.70 Å². The Bertz CT molecular complexity index is 434. The molecule has 112 valence electrons. The molecule has 2 rings (SSSR count). The van der Waals surface area contributed by atoms with Crippen LogP contribution in [0.2, 0.25) is 0 Å². The number of halogens is 2. The zero-order chi connectivity index (χ0) is 14.7. The van der Waals surface area contributed by atoms with Crippen LogP contribution >= 0.6 is 0 Å². The molecule has 0 aliphatic heterocycles. The lowest BCUT2D eigenvalue weighted by atomic mass is 10.00. The molecule has 2 atom stereocenters. The van der Waals surface area contributed by atoms with Gasteiger partial charge in [-0.25, -0.2) is 13.6 Å². The van der Waals surface area contributed by atoms with Gasteiger partial charge in [-0.05, 0) is 32.1 Å². The molecule has 0 fully saturated rings. The van der Waals surface area contributed by atoms with E-state index in [9.17, 15) is 13.6 Å². The van der Waals surface area contributed by atoms with Crippen LogP contribution in [-0.2, 0) is 0 Å². The first-order valence-corrected chi connectivity index (χ1v) is 7.17. The average molecular weight is 284 g/mol. The molecule has 0 heterocycles. The lowest BCUT2D eigenvalue weighted by Gasteiger charge is -2.34. The van der Waals surface area contributed by atoms with E-state index >= 15 is 0 Å². The second-order valence-electron chi connectivity index (χ2n) is 5.60. The van der Waals surface area contributed by atoms with E-state index in [1.54, 1.807) is 36.0 Å². The first kappa shape index (κ1) is 15.0. The predicted octanol–water partition coefficient (Wildman–Crippen LogP) is 3.78. The Hall–Kier alpha value is -1.39. The Kier molecular flexibility index (Phi) is 4.78. The molecule has 0 spiro atoms. The van der Waals surface area contributed by atoms with Gasteiger partial charge >= 0.3 is 6.03 Å². The maximum absolute atomic E-state index is 13.1. The van der Waals surface area contributed by atoms with Crippen LogP contribution in [0.1, 0.15) is 38.5 Å². The van der Waals surface area contributed by atoms with Gasteiger partial charge in [0.1, 0.15) is 6.17 Å². The van der Waals surface area contributed by atoms with Crippen molar-refractivity contribution in [1.29, 1.82) is 0 Å². The molecule has 20 heavy (non-hydrogen) atoms. The van der Waals surface area contributed by atoms with Gasteiger partial charge in [-0.2, -0.15) is 0 Å². The van der Waals surface area contributed by atoms with Crippen molar-refractivity contribution < 1.29 is 13.6 Å². The van der Waals surface area contributed by atoms with Crippen LogP contribution in [0.15, 0.2) is 23.7 Å². The summed E-state index contributed by atoms with van der Waals surface area (Å²) in [6.45, 7) is 0. The molecular weight excluding hydrogens is 262 g/mol. The average Bonchev–Trinajstić information content (AvgIpc) is 2.46. The van der Waals surface area contributed by atoms with Crippen molar-refractivity contribution in [3.05, 3.63) is 23.7 Å². The van der Waals surface area contributed by atoms with Gasteiger partial charge in [0.25, 0.3) is 0 Å². The number of carbonyl (C=O) groups excluding carboxylic acids is 1. The molecule has 0 bridgehead atoms. The van der Waals surface area contributed by atoms with Gasteiger partial charge < -0.3 is 9.80 Å². The lowest BCUT2D eigenvalue weighted by Crippen LogP contribution is -2.44. The molecule has 0 saturated carbocycles. The number of hydrogen-bond acceptors (Lipinski definition) is 1. The van der Waals surface area contributed by atoms with E-state index < -0.39 is 6.17 Å². The third-order valence-corrected chi connectivity index (χ3v) is 4.22. The Morgan fingerprint density at radius 3 is 2.50 bits per heavy atom. The Labute approximate surface area is 118 Å². The highest BCUT2D eigenvalue weighted by Gasteiger charge is 2.27. The van der Waals surface area contributed by atoms with Crippen molar-refractivity contribution in [2.75, 3.05) is 14.1 Å². The first-order chi connectivity index (χ1) is 9.49. The number of rotatable bonds is 2. The van der Waals surface area contributed by atoms with Crippen LogP contribution in [0.3, 0.4) is 0 Å². The van der Waals surface area contributed by atoms with Crippen LogP contribution < -0.4 is 0 Å². The Morgan fingerprint density at radius 2 is 1.95 bits per heavy atom. The van der Waals surface area contributed by atoms with E-state index in [1.807, 2.05) is 0 Å². The molecule has 0 aromatic rings. The summed E-state index contributed by atoms with van der Waals surface area (Å²) < 4.78 is 26.1. The quantitative estimate of drug-likeness (QED) is 0.757. The van der Waals surface area contributed by atoms with Crippen LogP contribution in [0.4, 0.5) is 13.6 Å². The van der Waals surface area contributed by atoms with Gasteiger partial charge in [-0.15, -0.1) is 0 Å². The number of nitrogens with zero attached hydrogens (tertiary/aromatic N) is 2. The van der Waals surface area contributed by atoms with E-state index in [0.29, 0.717) is 38.5 Å². The normalized spacial score (nSPS) is 26.6. The second-order valence-corrected chi connectivity index (χ2v) is 5.60. The maximum Gasteiger partial charge on any atom is 0.323 e. The third-order valence-electron chi connectivity index (χ3n) is 4.22. The van der Waals surface area contributed by atoms with Crippen molar-refractivity contribution in [3.8, 4) is 0 Å². The molecule has 0 N–H and O–H groups in total. The van der Waals surface area contributed by atoms with E-state index in [1.165, 1.54) is 0 Å². The summed E-state index contributed by atoms with van der Waals surface area (Å²) in [6.07, 6.45) is 5.66. The van der Waals surface area contributed by atoms with E-state index in [-0.39, 0.29) is 17.9 Å². The van der Waals surface area contributed by atoms with Crippen molar-refractivity contribution >= 4 is 6.03 Å². The van der Waals surface area contributed by atoms with E-state index in [2.05, 4.69) is 0 Å². The van der Waals surface area contributed by atoms with Gasteiger partial charge in [0.2, 0.25) is 0 Å². The van der Waals surface area contributed by atoms with Gasteiger partial charge in [0.05, 0.1) is 5.83 Å². The molecule has 3 nitrogen and oxygen atoms in total. The highest BCUT2D eigenvalue weighted by Crippen LogP contribution is 2.26. The zero-order valence-corrected chi connectivity index (χ0v) is 12.1. The fraction of sp³-hybridized carbons (Fsp3) is 0.667. The Balaban J connectivity index is 1.96. The SMILES string of the molecule is CN(C(=O)N(C)C1CC=C(F)CC1)C1=CCC(F)CC1. The Morgan fingerprint density at radius 1 is 1.20 bits per heavy atom. The molecule has 2 unspecified atom stereocenters. The fourth-order valence-corrected chi connectivity index (χ4v) is 2.75. The summed E-state index contributed by atoms with van der Waals surface area (Å²) in [4.78, 5) is 15.7. The third kappa shape index (κ3) is 3.38. The second kappa shape index (κ2) is 6.37. The van der Waals surface area contributed by atoms with Crippen LogP contribution in [0.25, 0.3) is 0 Å². The predicted molar refractivity (Wildman–Crippen MR) is 74.6 cm³/mol. The molecule has 0 saturated heterocycles. The number of urea groups is 1. The van der Waals surface area contributed by atoms with Crippen molar-refractivity contribution in [3.63, 3.8) is 0 Å². The summed E-state index contributed by atoms with van der Waals surface area (Å²) in [7, 11) is 3.48. The van der Waals surface area contributed by atoms with Crippen LogP contribution in [0, 0.1) is 0 Å². The molecular formula is C15H22F2N2O. The highest BCUT2D eigenvalue weighted by molar-refractivity contribution is 5.76. The number of hydrogen-bond donors (Lipinski definition) is 0. The minimum Gasteiger partial charge on any atom is -0.324 e. The van der Waals surface area contributed by atoms with Crippen molar-refractivity contribution in [2.24, 2.45) is 0 Å². The summed E-state index contributed by atoms with van der Waals surface area (Å²) >= 11 is 0. The summed E-state index contributed by atoms with van der Waals surface area (Å²) in [6, 6.07) is -0.0585. The van der Waals surface area contributed by atoms with Gasteiger partial charge in [-0.1, -0.05) is 12.2 Å².